The van der Waals surface area contributed by atoms with Crippen molar-refractivity contribution in [3.63, 3.8) is 0 Å². The molecule has 0 spiro atoms. The Balaban J connectivity index is 1.91. The van der Waals surface area contributed by atoms with E-state index < -0.39 is 0 Å². The van der Waals surface area contributed by atoms with E-state index in [-0.39, 0.29) is 5.54 Å². The van der Waals surface area contributed by atoms with Crippen LogP contribution in [0.15, 0.2) is 0 Å². The van der Waals surface area contributed by atoms with Crippen LogP contribution in [-0.2, 0) is 4.74 Å². The van der Waals surface area contributed by atoms with Crippen molar-refractivity contribution in [1.29, 1.82) is 5.26 Å². The van der Waals surface area contributed by atoms with Crippen molar-refractivity contribution in [2.75, 3.05) is 13.2 Å². The van der Waals surface area contributed by atoms with Crippen LogP contribution in [0, 0.1) is 11.3 Å². The van der Waals surface area contributed by atoms with E-state index in [1.54, 1.807) is 0 Å². The lowest BCUT2D eigenvalue weighted by Gasteiger charge is -2.36. The molecule has 1 saturated carbocycles. The minimum Gasteiger partial charge on any atom is -0.381 e. The summed E-state index contributed by atoms with van der Waals surface area (Å²) in [6.07, 6.45) is 8.17. The highest BCUT2D eigenvalue weighted by molar-refractivity contribution is 5.09. The van der Waals surface area contributed by atoms with Crippen LogP contribution in [0.2, 0.25) is 0 Å². The van der Waals surface area contributed by atoms with Crippen molar-refractivity contribution in [3.05, 3.63) is 0 Å². The monoisotopic (exact) mass is 208 g/mol. The van der Waals surface area contributed by atoms with Gasteiger partial charge in [0.15, 0.2) is 0 Å². The van der Waals surface area contributed by atoms with E-state index in [4.69, 9.17) is 4.74 Å². The molecular weight excluding hydrogens is 188 g/mol. The van der Waals surface area contributed by atoms with Gasteiger partial charge in [-0.15, -0.1) is 0 Å². The Morgan fingerprint density at radius 1 is 1.13 bits per heavy atom. The van der Waals surface area contributed by atoms with Gasteiger partial charge in [0, 0.05) is 32.1 Å². The van der Waals surface area contributed by atoms with E-state index in [0.29, 0.717) is 6.04 Å². The van der Waals surface area contributed by atoms with Gasteiger partial charge in [0.25, 0.3) is 0 Å². The minimum absolute atomic E-state index is 0.291. The van der Waals surface area contributed by atoms with Crippen molar-refractivity contribution in [3.8, 4) is 6.07 Å². The molecule has 0 aromatic rings. The van der Waals surface area contributed by atoms with Crippen molar-refractivity contribution in [1.82, 2.24) is 5.32 Å². The summed E-state index contributed by atoms with van der Waals surface area (Å²) < 4.78 is 5.32. The van der Waals surface area contributed by atoms with Gasteiger partial charge >= 0.3 is 0 Å². The summed E-state index contributed by atoms with van der Waals surface area (Å²) in [5.74, 6) is 0. The predicted molar refractivity (Wildman–Crippen MR) is 58.4 cm³/mol. The van der Waals surface area contributed by atoms with Crippen LogP contribution in [0.4, 0.5) is 0 Å². The van der Waals surface area contributed by atoms with Crippen molar-refractivity contribution < 1.29 is 4.74 Å². The molecule has 1 aliphatic carbocycles. The molecule has 2 fully saturated rings. The molecule has 0 radical (unpaired) electrons. The Kier molecular flexibility index (Phi) is 3.61. The number of hydrogen-bond acceptors (Lipinski definition) is 3. The third kappa shape index (κ3) is 2.70. The minimum atomic E-state index is -0.291. The molecule has 0 aromatic carbocycles. The standard InChI is InChI=1S/C12H20N2O/c13-10-12(6-8-15-9-7-12)14-11-4-2-1-3-5-11/h11,14H,1-9H2. The fraction of sp³-hybridized carbons (Fsp3) is 0.917. The molecule has 3 nitrogen and oxygen atoms in total. The Hall–Kier alpha value is -0.590. The quantitative estimate of drug-likeness (QED) is 0.754. The summed E-state index contributed by atoms with van der Waals surface area (Å²) in [6.45, 7) is 1.46. The summed E-state index contributed by atoms with van der Waals surface area (Å²) in [5.41, 5.74) is -0.291. The van der Waals surface area contributed by atoms with Gasteiger partial charge in [0.05, 0.1) is 6.07 Å². The average Bonchev–Trinajstić information content (AvgIpc) is 2.32. The van der Waals surface area contributed by atoms with Crippen LogP contribution in [0.25, 0.3) is 0 Å². The Morgan fingerprint density at radius 2 is 1.80 bits per heavy atom. The first-order valence-electron chi connectivity index (χ1n) is 6.11. The van der Waals surface area contributed by atoms with Gasteiger partial charge in [-0.2, -0.15) is 5.26 Å². The SMILES string of the molecule is N#CC1(NC2CCCCC2)CCOCC1. The van der Waals surface area contributed by atoms with Crippen LogP contribution < -0.4 is 5.32 Å². The fourth-order valence-electron chi connectivity index (χ4n) is 2.65. The molecule has 15 heavy (non-hydrogen) atoms. The van der Waals surface area contributed by atoms with Crippen molar-refractivity contribution in [2.45, 2.75) is 56.5 Å². The molecule has 1 N–H and O–H groups in total. The third-order valence-corrected chi connectivity index (χ3v) is 3.65. The number of hydrogen-bond donors (Lipinski definition) is 1. The summed E-state index contributed by atoms with van der Waals surface area (Å²) in [6, 6.07) is 3.04. The molecule has 0 atom stereocenters. The van der Waals surface area contributed by atoms with Gasteiger partial charge in [0.1, 0.15) is 5.54 Å². The molecule has 0 aromatic heterocycles. The number of nitrogens with zero attached hydrogens (tertiary/aromatic N) is 1. The first kappa shape index (κ1) is 10.9. The molecule has 84 valence electrons. The topological polar surface area (TPSA) is 45.0 Å². The second-order valence-corrected chi connectivity index (χ2v) is 4.79. The first-order chi connectivity index (χ1) is 7.35. The number of nitrogens with one attached hydrogen (secondary N) is 1. The van der Waals surface area contributed by atoms with Crippen LogP contribution >= 0.6 is 0 Å². The molecule has 0 bridgehead atoms. The lowest BCUT2D eigenvalue weighted by atomic mass is 9.87. The molecule has 0 amide bonds. The largest absolute Gasteiger partial charge is 0.381 e. The zero-order chi connectivity index (χ0) is 10.6. The van der Waals surface area contributed by atoms with E-state index in [2.05, 4.69) is 11.4 Å². The van der Waals surface area contributed by atoms with Crippen molar-refractivity contribution >= 4 is 0 Å². The summed E-state index contributed by atoms with van der Waals surface area (Å²) >= 11 is 0. The normalized spacial score (nSPS) is 27.1. The van der Waals surface area contributed by atoms with Gasteiger partial charge in [-0.3, -0.25) is 5.32 Å². The molecule has 2 aliphatic rings. The van der Waals surface area contributed by atoms with E-state index >= 15 is 0 Å². The number of rotatable bonds is 2. The maximum atomic E-state index is 9.30. The molecule has 1 heterocycles. The Morgan fingerprint density at radius 3 is 2.40 bits per heavy atom. The maximum absolute atomic E-state index is 9.30. The summed E-state index contributed by atoms with van der Waals surface area (Å²) in [5, 5.41) is 12.9. The summed E-state index contributed by atoms with van der Waals surface area (Å²) in [4.78, 5) is 0. The second-order valence-electron chi connectivity index (χ2n) is 4.79. The molecule has 1 saturated heterocycles. The maximum Gasteiger partial charge on any atom is 0.111 e. The van der Waals surface area contributed by atoms with Gasteiger partial charge in [-0.25, -0.2) is 0 Å². The van der Waals surface area contributed by atoms with Crippen LogP contribution in [0.3, 0.4) is 0 Å². The van der Waals surface area contributed by atoms with Crippen molar-refractivity contribution in [2.24, 2.45) is 0 Å². The third-order valence-electron chi connectivity index (χ3n) is 3.65. The van der Waals surface area contributed by atoms with Gasteiger partial charge in [-0.1, -0.05) is 19.3 Å². The lowest BCUT2D eigenvalue weighted by molar-refractivity contribution is 0.0517. The number of ether oxygens (including phenoxy) is 1. The average molecular weight is 208 g/mol. The second kappa shape index (κ2) is 4.96. The van der Waals surface area contributed by atoms with Gasteiger partial charge < -0.3 is 4.74 Å². The molecule has 2 rings (SSSR count). The smallest absolute Gasteiger partial charge is 0.111 e. The van der Waals surface area contributed by atoms with Gasteiger partial charge in [-0.05, 0) is 12.8 Å². The lowest BCUT2D eigenvalue weighted by Crippen LogP contribution is -2.53. The highest BCUT2D eigenvalue weighted by Crippen LogP contribution is 2.25. The predicted octanol–water partition coefficient (Wildman–Crippen LogP) is 1.98. The highest BCUT2D eigenvalue weighted by Gasteiger charge is 2.34. The van der Waals surface area contributed by atoms with Crippen LogP contribution in [0.5, 0.6) is 0 Å². The zero-order valence-corrected chi connectivity index (χ0v) is 9.30. The van der Waals surface area contributed by atoms with E-state index in [1.807, 2.05) is 0 Å². The Labute approximate surface area is 91.8 Å². The fourth-order valence-corrected chi connectivity index (χ4v) is 2.65. The van der Waals surface area contributed by atoms with E-state index in [9.17, 15) is 5.26 Å². The summed E-state index contributed by atoms with van der Waals surface area (Å²) in [7, 11) is 0. The van der Waals surface area contributed by atoms with Gasteiger partial charge in [0.2, 0.25) is 0 Å². The highest BCUT2D eigenvalue weighted by atomic mass is 16.5. The van der Waals surface area contributed by atoms with E-state index in [1.165, 1.54) is 32.1 Å². The van der Waals surface area contributed by atoms with E-state index in [0.717, 1.165) is 26.1 Å². The Bertz CT molecular complexity index is 234. The molecular formula is C12H20N2O. The van der Waals surface area contributed by atoms with Crippen LogP contribution in [0.1, 0.15) is 44.9 Å². The molecule has 0 unspecified atom stereocenters. The van der Waals surface area contributed by atoms with Crippen LogP contribution in [-0.4, -0.2) is 24.8 Å². The molecule has 1 aliphatic heterocycles. The number of nitriles is 1. The first-order valence-corrected chi connectivity index (χ1v) is 6.11. The zero-order valence-electron chi connectivity index (χ0n) is 9.30. The molecule has 3 heteroatoms.